The standard InChI is InChI=1S/C23H26O2/c1-12-8-10-17(11-9-12)21(24)20-22(25)18-15(4)13(2)14(3)16(5)19(18)23(20,6)7/h8-11,20H,1-7H3. The molecule has 25 heavy (non-hydrogen) atoms. The van der Waals surface area contributed by atoms with Gasteiger partial charge in [0.05, 0.1) is 5.92 Å². The quantitative estimate of drug-likeness (QED) is 0.558. The van der Waals surface area contributed by atoms with E-state index in [0.29, 0.717) is 5.56 Å². The summed E-state index contributed by atoms with van der Waals surface area (Å²) in [6, 6.07) is 7.52. The number of carbonyl (C=O) groups is 2. The first kappa shape index (κ1) is 17.6. The van der Waals surface area contributed by atoms with Gasteiger partial charge in [-0.05, 0) is 62.4 Å². The van der Waals surface area contributed by atoms with Gasteiger partial charge in [-0.2, -0.15) is 0 Å². The SMILES string of the molecule is Cc1ccc(C(=O)C2C(=O)c3c(C)c(C)c(C)c(C)c3C2(C)C)cc1. The van der Waals surface area contributed by atoms with E-state index in [2.05, 4.69) is 20.8 Å². The first-order valence-electron chi connectivity index (χ1n) is 8.85. The summed E-state index contributed by atoms with van der Waals surface area (Å²) in [5, 5.41) is 0. The highest BCUT2D eigenvalue weighted by atomic mass is 16.2. The predicted molar refractivity (Wildman–Crippen MR) is 102 cm³/mol. The molecule has 1 aliphatic carbocycles. The summed E-state index contributed by atoms with van der Waals surface area (Å²) in [6.45, 7) is 14.3. The van der Waals surface area contributed by atoms with Crippen LogP contribution in [0.1, 0.15) is 67.9 Å². The molecule has 1 aliphatic rings. The van der Waals surface area contributed by atoms with Crippen molar-refractivity contribution in [1.82, 2.24) is 0 Å². The van der Waals surface area contributed by atoms with Gasteiger partial charge in [-0.1, -0.05) is 43.7 Å². The van der Waals surface area contributed by atoms with Gasteiger partial charge in [-0.3, -0.25) is 9.59 Å². The number of hydrogen-bond acceptors (Lipinski definition) is 2. The maximum atomic E-state index is 13.3. The van der Waals surface area contributed by atoms with Gasteiger partial charge in [0.2, 0.25) is 0 Å². The molecule has 2 nitrogen and oxygen atoms in total. The van der Waals surface area contributed by atoms with Crippen molar-refractivity contribution in [2.75, 3.05) is 0 Å². The van der Waals surface area contributed by atoms with Crippen LogP contribution in [-0.4, -0.2) is 11.6 Å². The minimum atomic E-state index is -0.649. The van der Waals surface area contributed by atoms with E-state index in [0.717, 1.165) is 33.4 Å². The summed E-state index contributed by atoms with van der Waals surface area (Å²) < 4.78 is 0. The lowest BCUT2D eigenvalue weighted by atomic mass is 9.73. The monoisotopic (exact) mass is 334 g/mol. The normalized spacial score (nSPS) is 18.4. The first-order valence-corrected chi connectivity index (χ1v) is 8.85. The molecule has 0 amide bonds. The Morgan fingerprint density at radius 2 is 1.36 bits per heavy atom. The van der Waals surface area contributed by atoms with Crippen LogP contribution in [0.2, 0.25) is 0 Å². The fourth-order valence-electron chi connectivity index (χ4n) is 4.37. The molecule has 3 rings (SSSR count). The molecule has 0 spiro atoms. The van der Waals surface area contributed by atoms with Gasteiger partial charge in [0.25, 0.3) is 0 Å². The van der Waals surface area contributed by atoms with Crippen LogP contribution < -0.4 is 0 Å². The summed E-state index contributed by atoms with van der Waals surface area (Å²) in [6.07, 6.45) is 0. The lowest BCUT2D eigenvalue weighted by Crippen LogP contribution is -2.34. The van der Waals surface area contributed by atoms with Crippen molar-refractivity contribution in [3.63, 3.8) is 0 Å². The summed E-state index contributed by atoms with van der Waals surface area (Å²) in [7, 11) is 0. The van der Waals surface area contributed by atoms with Gasteiger partial charge >= 0.3 is 0 Å². The van der Waals surface area contributed by atoms with Gasteiger partial charge in [0.15, 0.2) is 11.6 Å². The first-order chi connectivity index (χ1) is 11.6. The Kier molecular flexibility index (Phi) is 3.98. The highest BCUT2D eigenvalue weighted by molar-refractivity contribution is 6.21. The highest BCUT2D eigenvalue weighted by Crippen LogP contribution is 2.48. The molecule has 1 unspecified atom stereocenters. The topological polar surface area (TPSA) is 34.1 Å². The van der Waals surface area contributed by atoms with Gasteiger partial charge < -0.3 is 0 Å². The molecule has 2 aromatic carbocycles. The van der Waals surface area contributed by atoms with Crippen LogP contribution in [0.15, 0.2) is 24.3 Å². The lowest BCUT2D eigenvalue weighted by molar-refractivity contribution is 0.0770. The molecule has 130 valence electrons. The number of aryl methyl sites for hydroxylation is 1. The van der Waals surface area contributed by atoms with Gasteiger partial charge in [0, 0.05) is 16.5 Å². The van der Waals surface area contributed by atoms with E-state index in [1.54, 1.807) is 0 Å². The smallest absolute Gasteiger partial charge is 0.175 e. The van der Waals surface area contributed by atoms with Crippen molar-refractivity contribution >= 4 is 11.6 Å². The zero-order valence-electron chi connectivity index (χ0n) is 16.2. The molecule has 0 radical (unpaired) electrons. The summed E-state index contributed by atoms with van der Waals surface area (Å²) in [4.78, 5) is 26.5. The van der Waals surface area contributed by atoms with Crippen molar-refractivity contribution in [2.24, 2.45) is 5.92 Å². The van der Waals surface area contributed by atoms with Crippen LogP contribution in [0.25, 0.3) is 0 Å². The fourth-order valence-corrected chi connectivity index (χ4v) is 4.37. The molecule has 0 saturated carbocycles. The molecule has 1 atom stereocenters. The third-order valence-electron chi connectivity index (χ3n) is 6.16. The molecular formula is C23H26O2. The molecular weight excluding hydrogens is 308 g/mol. The maximum Gasteiger partial charge on any atom is 0.175 e. The van der Waals surface area contributed by atoms with E-state index in [1.807, 2.05) is 52.0 Å². The van der Waals surface area contributed by atoms with Gasteiger partial charge in [0.1, 0.15) is 0 Å². The summed E-state index contributed by atoms with van der Waals surface area (Å²) >= 11 is 0. The number of carbonyl (C=O) groups excluding carboxylic acids is 2. The predicted octanol–water partition coefficient (Wildman–Crippen LogP) is 5.20. The summed E-state index contributed by atoms with van der Waals surface area (Å²) in [5.41, 5.74) is 7.61. The lowest BCUT2D eigenvalue weighted by Gasteiger charge is -2.28. The second-order valence-corrected chi connectivity index (χ2v) is 8.00. The summed E-state index contributed by atoms with van der Waals surface area (Å²) in [5.74, 6) is -0.738. The Morgan fingerprint density at radius 1 is 0.840 bits per heavy atom. The Balaban J connectivity index is 2.20. The number of benzene rings is 2. The van der Waals surface area contributed by atoms with Crippen LogP contribution in [0.3, 0.4) is 0 Å². The van der Waals surface area contributed by atoms with Crippen LogP contribution in [0.5, 0.6) is 0 Å². The van der Waals surface area contributed by atoms with Crippen molar-refractivity contribution in [2.45, 2.75) is 53.9 Å². The number of hydrogen-bond donors (Lipinski definition) is 0. The minimum Gasteiger partial charge on any atom is -0.293 e. The van der Waals surface area contributed by atoms with Crippen LogP contribution in [0.4, 0.5) is 0 Å². The van der Waals surface area contributed by atoms with E-state index >= 15 is 0 Å². The Morgan fingerprint density at radius 3 is 1.92 bits per heavy atom. The molecule has 0 bridgehead atoms. The Labute approximate surface area is 150 Å². The van der Waals surface area contributed by atoms with E-state index in [4.69, 9.17) is 0 Å². The van der Waals surface area contributed by atoms with Crippen LogP contribution in [-0.2, 0) is 5.41 Å². The molecule has 0 fully saturated rings. The third kappa shape index (κ3) is 2.38. The fraction of sp³-hybridized carbons (Fsp3) is 0.391. The van der Waals surface area contributed by atoms with Crippen molar-refractivity contribution in [3.8, 4) is 0 Å². The molecule has 0 saturated heterocycles. The van der Waals surface area contributed by atoms with E-state index < -0.39 is 11.3 Å². The van der Waals surface area contributed by atoms with E-state index in [9.17, 15) is 9.59 Å². The number of fused-ring (bicyclic) bond motifs is 1. The van der Waals surface area contributed by atoms with Crippen molar-refractivity contribution < 1.29 is 9.59 Å². The largest absolute Gasteiger partial charge is 0.293 e. The number of rotatable bonds is 2. The Hall–Kier alpha value is -2.22. The minimum absolute atomic E-state index is 0.0192. The second kappa shape index (κ2) is 5.66. The van der Waals surface area contributed by atoms with Crippen molar-refractivity contribution in [3.05, 3.63) is 68.8 Å². The van der Waals surface area contributed by atoms with Gasteiger partial charge in [-0.25, -0.2) is 0 Å². The third-order valence-corrected chi connectivity index (χ3v) is 6.16. The average molecular weight is 334 g/mol. The Bertz CT molecular complexity index is 899. The maximum absolute atomic E-state index is 13.3. The van der Waals surface area contributed by atoms with Crippen LogP contribution >= 0.6 is 0 Å². The van der Waals surface area contributed by atoms with E-state index in [1.165, 1.54) is 5.56 Å². The number of Topliss-reactive ketones (excluding diaryl/α,β-unsaturated/α-hetero) is 2. The molecule has 0 aliphatic heterocycles. The van der Waals surface area contributed by atoms with Gasteiger partial charge in [-0.15, -0.1) is 0 Å². The molecule has 0 heterocycles. The molecule has 0 aromatic heterocycles. The molecule has 2 heteroatoms. The molecule has 0 N–H and O–H groups in total. The second-order valence-electron chi connectivity index (χ2n) is 8.00. The number of ketones is 2. The zero-order valence-corrected chi connectivity index (χ0v) is 16.2. The van der Waals surface area contributed by atoms with E-state index in [-0.39, 0.29) is 11.6 Å². The average Bonchev–Trinajstić information content (AvgIpc) is 2.76. The van der Waals surface area contributed by atoms with Crippen LogP contribution in [0, 0.1) is 40.5 Å². The highest BCUT2D eigenvalue weighted by Gasteiger charge is 2.51. The van der Waals surface area contributed by atoms with Crippen molar-refractivity contribution in [1.29, 1.82) is 0 Å². The zero-order chi connectivity index (χ0) is 18.7. The molecule has 2 aromatic rings.